The third-order valence-electron chi connectivity index (χ3n) is 7.47. The molecule has 1 atom stereocenters. The van der Waals surface area contributed by atoms with Gasteiger partial charge in [0.1, 0.15) is 11.9 Å². The molecule has 204 valence electrons. The number of carbonyl (C=O) groups is 1. The monoisotopic (exact) mass is 578 g/mol. The van der Waals surface area contributed by atoms with E-state index in [4.69, 9.17) is 27.9 Å². The summed E-state index contributed by atoms with van der Waals surface area (Å²) in [6, 6.07) is 13.2. The van der Waals surface area contributed by atoms with Crippen LogP contribution in [0.4, 0.5) is 4.39 Å². The van der Waals surface area contributed by atoms with Crippen molar-refractivity contribution < 1.29 is 19.0 Å². The first-order chi connectivity index (χ1) is 18.3. The predicted octanol–water partition coefficient (Wildman–Crippen LogP) is 8.08. The van der Waals surface area contributed by atoms with Crippen LogP contribution in [0.1, 0.15) is 50.3 Å². The topological polar surface area (TPSA) is 62.7 Å². The molecule has 0 saturated carbocycles. The molecule has 38 heavy (non-hydrogen) atoms. The molecule has 4 rings (SSSR count). The van der Waals surface area contributed by atoms with Gasteiger partial charge in [0.05, 0.1) is 29.1 Å². The number of pyridine rings is 1. The molecule has 1 aromatic heterocycles. The molecular formula is C29H33Cl2FN2O3S. The van der Waals surface area contributed by atoms with Crippen molar-refractivity contribution in [3.63, 3.8) is 0 Å². The Morgan fingerprint density at radius 1 is 1.21 bits per heavy atom. The quantitative estimate of drug-likeness (QED) is 0.173. The lowest BCUT2D eigenvalue weighted by molar-refractivity contribution is -0.141. The van der Waals surface area contributed by atoms with E-state index in [0.29, 0.717) is 28.6 Å². The highest BCUT2D eigenvalue weighted by atomic mass is 35.5. The minimum atomic E-state index is -1.33. The number of methoxy groups -OCH3 is 1. The lowest BCUT2D eigenvalue weighted by atomic mass is 9.71. The van der Waals surface area contributed by atoms with Crippen molar-refractivity contribution in [2.24, 2.45) is 5.41 Å². The Balaban J connectivity index is 1.35. The Morgan fingerprint density at radius 3 is 2.68 bits per heavy atom. The average molecular weight is 580 g/mol. The van der Waals surface area contributed by atoms with Gasteiger partial charge in [0.25, 0.3) is 0 Å². The first-order valence-corrected chi connectivity index (χ1v) is 14.6. The van der Waals surface area contributed by atoms with Crippen molar-refractivity contribution >= 4 is 51.8 Å². The molecule has 9 heteroatoms. The maximum Gasteiger partial charge on any atom is 0.303 e. The largest absolute Gasteiger partial charge is 0.497 e. The third kappa shape index (κ3) is 7.32. The van der Waals surface area contributed by atoms with E-state index in [1.54, 1.807) is 37.1 Å². The molecule has 0 radical (unpaired) electrons. The van der Waals surface area contributed by atoms with Crippen LogP contribution in [0.25, 0.3) is 10.9 Å². The molecule has 0 bridgehead atoms. The SMILES string of the molecule is COc1ccc2ncc(Cl)c([C@H](F)CCC3(CC(=O)O)CCN(CCCSc4ccccc4Cl)CC3)c2c1. The fraction of sp³-hybridized carbons (Fsp3) is 0.448. The van der Waals surface area contributed by atoms with Crippen LogP contribution in [-0.2, 0) is 4.79 Å². The Labute approximate surface area is 237 Å². The minimum absolute atomic E-state index is 0.0502. The van der Waals surface area contributed by atoms with Gasteiger partial charge in [-0.3, -0.25) is 9.78 Å². The number of halogens is 3. The van der Waals surface area contributed by atoms with E-state index in [-0.39, 0.29) is 17.9 Å². The van der Waals surface area contributed by atoms with Crippen molar-refractivity contribution in [2.45, 2.75) is 49.6 Å². The van der Waals surface area contributed by atoms with Gasteiger partial charge in [-0.15, -0.1) is 11.8 Å². The smallest absolute Gasteiger partial charge is 0.303 e. The fourth-order valence-electron chi connectivity index (χ4n) is 5.31. The number of thioether (sulfide) groups is 1. The summed E-state index contributed by atoms with van der Waals surface area (Å²) in [6.07, 6.45) is 3.39. The number of aliphatic carboxylic acids is 1. The van der Waals surface area contributed by atoms with Crippen molar-refractivity contribution in [1.82, 2.24) is 9.88 Å². The molecule has 0 aliphatic carbocycles. The standard InChI is InChI=1S/C29H33Cl2FN2O3S/c1-37-20-7-8-25-21(17-20)28(23(31)19-33-25)24(32)9-10-29(18-27(35)36)11-14-34(15-12-29)13-4-16-38-26-6-3-2-5-22(26)30/h2-3,5-8,17,19,24H,4,9-16,18H2,1H3,(H,35,36)/t24-/m1/s1. The Kier molecular flexibility index (Phi) is 10.2. The van der Waals surface area contributed by atoms with Crippen molar-refractivity contribution in [2.75, 3.05) is 32.5 Å². The zero-order valence-corrected chi connectivity index (χ0v) is 23.8. The molecule has 1 N–H and O–H groups in total. The molecule has 3 aromatic rings. The number of rotatable bonds is 12. The second-order valence-corrected chi connectivity index (χ2v) is 11.9. The summed E-state index contributed by atoms with van der Waals surface area (Å²) < 4.78 is 21.1. The summed E-state index contributed by atoms with van der Waals surface area (Å²) in [5.41, 5.74) is 0.620. The Bertz CT molecular complexity index is 1250. The first-order valence-electron chi connectivity index (χ1n) is 12.9. The number of piperidine rings is 1. The lowest BCUT2D eigenvalue weighted by Crippen LogP contribution is -2.41. The number of carboxylic acid groups (broad SMARTS) is 1. The van der Waals surface area contributed by atoms with Gasteiger partial charge in [-0.1, -0.05) is 35.3 Å². The normalized spacial score (nSPS) is 16.4. The second kappa shape index (κ2) is 13.3. The molecule has 5 nitrogen and oxygen atoms in total. The van der Waals surface area contributed by atoms with E-state index < -0.39 is 17.6 Å². The lowest BCUT2D eigenvalue weighted by Gasteiger charge is -2.41. The van der Waals surface area contributed by atoms with E-state index in [9.17, 15) is 9.90 Å². The van der Waals surface area contributed by atoms with Crippen LogP contribution in [0.15, 0.2) is 53.6 Å². The molecule has 1 saturated heterocycles. The Hall–Kier alpha value is -2.06. The summed E-state index contributed by atoms with van der Waals surface area (Å²) in [7, 11) is 1.56. The van der Waals surface area contributed by atoms with Crippen LogP contribution in [0.2, 0.25) is 10.0 Å². The highest BCUT2D eigenvalue weighted by molar-refractivity contribution is 7.99. The van der Waals surface area contributed by atoms with Crippen molar-refractivity contribution in [3.8, 4) is 5.75 Å². The maximum atomic E-state index is 15.8. The number of hydrogen-bond acceptors (Lipinski definition) is 5. The molecular weight excluding hydrogens is 546 g/mol. The Morgan fingerprint density at radius 2 is 1.97 bits per heavy atom. The van der Waals surface area contributed by atoms with Gasteiger partial charge in [-0.2, -0.15) is 0 Å². The third-order valence-corrected chi connectivity index (χ3v) is 9.37. The van der Waals surface area contributed by atoms with Gasteiger partial charge in [-0.05, 0) is 93.2 Å². The minimum Gasteiger partial charge on any atom is -0.497 e. The van der Waals surface area contributed by atoms with Gasteiger partial charge in [-0.25, -0.2) is 4.39 Å². The number of likely N-dealkylation sites (tertiary alicyclic amines) is 1. The van der Waals surface area contributed by atoms with Crippen LogP contribution in [0, 0.1) is 5.41 Å². The van der Waals surface area contributed by atoms with Gasteiger partial charge in [0.2, 0.25) is 0 Å². The fourth-order valence-corrected chi connectivity index (χ4v) is 6.75. The summed E-state index contributed by atoms with van der Waals surface area (Å²) in [6.45, 7) is 2.58. The number of ether oxygens (including phenoxy) is 1. The number of hydrogen-bond donors (Lipinski definition) is 1. The maximum absolute atomic E-state index is 15.8. The summed E-state index contributed by atoms with van der Waals surface area (Å²) in [5, 5.41) is 11.3. The summed E-state index contributed by atoms with van der Waals surface area (Å²) >= 11 is 14.4. The number of alkyl halides is 1. The average Bonchev–Trinajstić information content (AvgIpc) is 2.91. The van der Waals surface area contributed by atoms with E-state index >= 15 is 4.39 Å². The van der Waals surface area contributed by atoms with Crippen LogP contribution >= 0.6 is 35.0 Å². The summed E-state index contributed by atoms with van der Waals surface area (Å²) in [5.74, 6) is 0.743. The van der Waals surface area contributed by atoms with Crippen LogP contribution in [0.5, 0.6) is 5.75 Å². The molecule has 0 unspecified atom stereocenters. The van der Waals surface area contributed by atoms with Crippen molar-refractivity contribution in [1.29, 1.82) is 0 Å². The first kappa shape index (κ1) is 28.9. The number of benzene rings is 2. The van der Waals surface area contributed by atoms with E-state index in [2.05, 4.69) is 9.88 Å². The number of aromatic nitrogens is 1. The van der Waals surface area contributed by atoms with Crippen LogP contribution in [-0.4, -0.2) is 53.5 Å². The zero-order valence-electron chi connectivity index (χ0n) is 21.5. The molecule has 2 aromatic carbocycles. The highest BCUT2D eigenvalue weighted by Gasteiger charge is 2.37. The zero-order chi connectivity index (χ0) is 27.1. The van der Waals surface area contributed by atoms with Gasteiger partial charge < -0.3 is 14.7 Å². The number of carboxylic acids is 1. The number of fused-ring (bicyclic) bond motifs is 1. The molecule has 1 fully saturated rings. The van der Waals surface area contributed by atoms with Crippen LogP contribution in [0.3, 0.4) is 0 Å². The summed E-state index contributed by atoms with van der Waals surface area (Å²) in [4.78, 5) is 19.6. The molecule has 1 aliphatic rings. The predicted molar refractivity (Wildman–Crippen MR) is 154 cm³/mol. The molecule has 0 amide bonds. The van der Waals surface area contributed by atoms with Gasteiger partial charge >= 0.3 is 5.97 Å². The van der Waals surface area contributed by atoms with Gasteiger partial charge in [0, 0.05) is 22.0 Å². The van der Waals surface area contributed by atoms with Gasteiger partial charge in [0.15, 0.2) is 0 Å². The molecule has 2 heterocycles. The highest BCUT2D eigenvalue weighted by Crippen LogP contribution is 2.44. The van der Waals surface area contributed by atoms with Crippen molar-refractivity contribution in [3.05, 3.63) is 64.3 Å². The van der Waals surface area contributed by atoms with E-state index in [0.717, 1.165) is 54.6 Å². The van der Waals surface area contributed by atoms with E-state index in [1.807, 2.05) is 24.3 Å². The number of nitrogens with zero attached hydrogens (tertiary/aromatic N) is 2. The van der Waals surface area contributed by atoms with E-state index in [1.165, 1.54) is 6.20 Å². The molecule has 1 aliphatic heterocycles. The van der Waals surface area contributed by atoms with Crippen LogP contribution < -0.4 is 4.74 Å². The molecule has 0 spiro atoms. The second-order valence-electron chi connectivity index (χ2n) is 9.95.